The molecular formula is C22H19ClN6O6S2. The molecule has 2 aromatic heterocycles. The molecule has 2 aromatic carbocycles. The normalized spacial score (nSPS) is 9.70. The lowest BCUT2D eigenvalue weighted by Crippen LogP contribution is -2.11. The molecule has 4 rings (SSSR count). The van der Waals surface area contributed by atoms with Crippen LogP contribution in [0.3, 0.4) is 0 Å². The van der Waals surface area contributed by atoms with E-state index in [9.17, 15) is 29.8 Å². The average molecular weight is 563 g/mol. The van der Waals surface area contributed by atoms with Gasteiger partial charge in [0.2, 0.25) is 0 Å². The monoisotopic (exact) mass is 562 g/mol. The lowest BCUT2D eigenvalue weighted by molar-refractivity contribution is -0.380. The Labute approximate surface area is 223 Å². The first kappa shape index (κ1) is 29.0. The number of nitrogens with zero attached hydrogens (tertiary/aromatic N) is 4. The number of hydrogen-bond acceptors (Lipinski definition) is 11. The molecule has 0 atom stereocenters. The molecule has 37 heavy (non-hydrogen) atoms. The number of nitrogens with one attached hydrogen (secondary N) is 1. The van der Waals surface area contributed by atoms with Crippen LogP contribution in [0.5, 0.6) is 0 Å². The highest BCUT2D eigenvalue weighted by Crippen LogP contribution is 2.25. The van der Waals surface area contributed by atoms with Crippen LogP contribution in [0.15, 0.2) is 60.9 Å². The van der Waals surface area contributed by atoms with Crippen LogP contribution in [0.2, 0.25) is 0 Å². The summed E-state index contributed by atoms with van der Waals surface area (Å²) in [4.78, 5) is 49.0. The van der Waals surface area contributed by atoms with Gasteiger partial charge in [-0.15, -0.1) is 0 Å². The standard InChI is InChI=1S/C11H9N3O3S.C8H7ClO.C3H3N3O2S/c1-7-3-2-4-8(5-7)10(15)13-11-12-6-9(18-11)14(16)17;1-6-3-2-4-7(5-6)8(9)10;4-3-5-1-2(9-3)6(7)8/h2-6H,1H3,(H,12,13,15);2-5H,1H3;1H,(H2,4,5). The summed E-state index contributed by atoms with van der Waals surface area (Å²) in [6, 6.07) is 14.2. The maximum absolute atomic E-state index is 11.8. The fraction of sp³-hybridized carbons (Fsp3) is 0.0909. The second kappa shape index (κ2) is 13.7. The van der Waals surface area contributed by atoms with Gasteiger partial charge in [-0.3, -0.25) is 35.1 Å². The lowest BCUT2D eigenvalue weighted by Gasteiger charge is -2.01. The Balaban J connectivity index is 0.000000214. The molecule has 0 spiro atoms. The minimum atomic E-state index is -0.542. The average Bonchev–Trinajstić information content (AvgIpc) is 3.49. The number of aromatic nitrogens is 2. The second-order valence-electron chi connectivity index (χ2n) is 7.02. The fourth-order valence-corrected chi connectivity index (χ4v) is 3.74. The summed E-state index contributed by atoms with van der Waals surface area (Å²) >= 11 is 6.93. The predicted octanol–water partition coefficient (Wildman–Crippen LogP) is 5.62. The quantitative estimate of drug-likeness (QED) is 0.177. The highest BCUT2D eigenvalue weighted by Gasteiger charge is 2.14. The lowest BCUT2D eigenvalue weighted by atomic mass is 10.1. The van der Waals surface area contributed by atoms with E-state index in [2.05, 4.69) is 15.3 Å². The summed E-state index contributed by atoms with van der Waals surface area (Å²) in [5, 5.41) is 22.9. The van der Waals surface area contributed by atoms with Gasteiger partial charge in [0.25, 0.3) is 11.1 Å². The van der Waals surface area contributed by atoms with Gasteiger partial charge in [-0.2, -0.15) is 0 Å². The smallest absolute Gasteiger partial charge is 0.345 e. The van der Waals surface area contributed by atoms with Crippen LogP contribution in [-0.2, 0) is 0 Å². The summed E-state index contributed by atoms with van der Waals surface area (Å²) in [6.45, 7) is 3.80. The zero-order chi connectivity index (χ0) is 27.5. The van der Waals surface area contributed by atoms with Gasteiger partial charge in [-0.1, -0.05) is 41.5 Å². The van der Waals surface area contributed by atoms with Crippen molar-refractivity contribution in [3.05, 3.63) is 103 Å². The van der Waals surface area contributed by atoms with Crippen LogP contribution in [0.4, 0.5) is 20.3 Å². The number of thiazole rings is 2. The van der Waals surface area contributed by atoms with Crippen molar-refractivity contribution >= 4 is 65.7 Å². The van der Waals surface area contributed by atoms with Crippen molar-refractivity contribution in [2.75, 3.05) is 11.1 Å². The maximum atomic E-state index is 11.8. The summed E-state index contributed by atoms with van der Waals surface area (Å²) in [5.74, 6) is -0.331. The van der Waals surface area contributed by atoms with Crippen LogP contribution < -0.4 is 11.1 Å². The third kappa shape index (κ3) is 9.71. The first-order valence-electron chi connectivity index (χ1n) is 10.1. The number of nitrogen functional groups attached to an aromatic ring is 1. The third-order valence-electron chi connectivity index (χ3n) is 4.11. The largest absolute Gasteiger partial charge is 0.375 e. The maximum Gasteiger partial charge on any atom is 0.345 e. The molecular weight excluding hydrogens is 544 g/mol. The molecule has 0 aliphatic heterocycles. The van der Waals surface area contributed by atoms with Gasteiger partial charge < -0.3 is 5.73 Å². The minimum Gasteiger partial charge on any atom is -0.375 e. The molecule has 0 unspecified atom stereocenters. The number of nitro groups is 2. The van der Waals surface area contributed by atoms with E-state index in [1.165, 1.54) is 0 Å². The zero-order valence-electron chi connectivity index (χ0n) is 19.3. The van der Waals surface area contributed by atoms with Crippen molar-refractivity contribution in [3.8, 4) is 0 Å². The molecule has 0 aliphatic rings. The van der Waals surface area contributed by atoms with Crippen LogP contribution in [0.25, 0.3) is 0 Å². The Hall–Kier alpha value is -4.27. The molecule has 15 heteroatoms. The molecule has 0 fully saturated rings. The van der Waals surface area contributed by atoms with Crippen molar-refractivity contribution in [2.24, 2.45) is 0 Å². The highest BCUT2D eigenvalue weighted by atomic mass is 35.5. The van der Waals surface area contributed by atoms with E-state index in [1.54, 1.807) is 30.3 Å². The van der Waals surface area contributed by atoms with Gasteiger partial charge in [0.05, 0.1) is 9.85 Å². The number of hydrogen-bond donors (Lipinski definition) is 2. The Morgan fingerprint density at radius 2 is 1.41 bits per heavy atom. The van der Waals surface area contributed by atoms with Crippen molar-refractivity contribution in [1.29, 1.82) is 0 Å². The number of carbonyl (C=O) groups excluding carboxylic acids is 2. The van der Waals surface area contributed by atoms with Gasteiger partial charge in [0, 0.05) is 11.1 Å². The minimum absolute atomic E-state index is 0.0208. The van der Waals surface area contributed by atoms with Gasteiger partial charge >= 0.3 is 10.0 Å². The number of carbonyl (C=O) groups is 2. The number of rotatable bonds is 5. The van der Waals surface area contributed by atoms with E-state index in [0.717, 1.165) is 46.2 Å². The molecule has 2 heterocycles. The third-order valence-corrected chi connectivity index (χ3v) is 5.97. The molecule has 0 saturated carbocycles. The second-order valence-corrected chi connectivity index (χ2v) is 9.41. The summed E-state index contributed by atoms with van der Waals surface area (Å²) < 4.78 is 0. The van der Waals surface area contributed by atoms with Crippen LogP contribution >= 0.6 is 34.3 Å². The van der Waals surface area contributed by atoms with Crippen molar-refractivity contribution < 1.29 is 19.4 Å². The van der Waals surface area contributed by atoms with E-state index in [1.807, 2.05) is 32.0 Å². The highest BCUT2D eigenvalue weighted by molar-refractivity contribution is 7.19. The predicted molar refractivity (Wildman–Crippen MR) is 142 cm³/mol. The van der Waals surface area contributed by atoms with E-state index >= 15 is 0 Å². The Morgan fingerprint density at radius 1 is 0.892 bits per heavy atom. The Morgan fingerprint density at radius 3 is 1.81 bits per heavy atom. The molecule has 12 nitrogen and oxygen atoms in total. The van der Waals surface area contributed by atoms with Crippen molar-refractivity contribution in [1.82, 2.24) is 9.97 Å². The van der Waals surface area contributed by atoms with E-state index < -0.39 is 15.1 Å². The number of anilines is 2. The van der Waals surface area contributed by atoms with Crippen LogP contribution in [0.1, 0.15) is 31.8 Å². The number of amides is 1. The topological polar surface area (TPSA) is 184 Å². The molecule has 4 aromatic rings. The Bertz CT molecular complexity index is 1420. The first-order chi connectivity index (χ1) is 17.5. The number of halogens is 1. The molecule has 192 valence electrons. The van der Waals surface area contributed by atoms with Gasteiger partial charge in [-0.25, -0.2) is 9.97 Å². The molecule has 0 bridgehead atoms. The molecule has 0 saturated heterocycles. The van der Waals surface area contributed by atoms with Gasteiger partial charge in [0.15, 0.2) is 10.3 Å². The summed E-state index contributed by atoms with van der Waals surface area (Å²) in [5.41, 5.74) is 8.18. The van der Waals surface area contributed by atoms with E-state index in [-0.39, 0.29) is 26.2 Å². The zero-order valence-corrected chi connectivity index (χ0v) is 21.7. The SMILES string of the molecule is Cc1cccc(C(=O)Cl)c1.Cc1cccc(C(=O)Nc2ncc([N+](=O)[O-])s2)c1.Nc1ncc([N+](=O)[O-])s1. The molecule has 0 aliphatic carbocycles. The van der Waals surface area contributed by atoms with Gasteiger partial charge in [0.1, 0.15) is 12.4 Å². The van der Waals surface area contributed by atoms with Crippen LogP contribution in [0, 0.1) is 34.1 Å². The van der Waals surface area contributed by atoms with E-state index in [0.29, 0.717) is 11.1 Å². The van der Waals surface area contributed by atoms with E-state index in [4.69, 9.17) is 17.3 Å². The van der Waals surface area contributed by atoms with Gasteiger partial charge in [-0.05, 0) is 66.3 Å². The fourth-order valence-electron chi connectivity index (χ4n) is 2.49. The number of aryl methyl sites for hydroxylation is 2. The van der Waals surface area contributed by atoms with Crippen molar-refractivity contribution in [3.63, 3.8) is 0 Å². The molecule has 0 radical (unpaired) electrons. The number of benzene rings is 2. The molecule has 3 N–H and O–H groups in total. The van der Waals surface area contributed by atoms with Crippen LogP contribution in [-0.4, -0.2) is 31.0 Å². The number of nitrogens with two attached hydrogens (primary N) is 1. The summed E-state index contributed by atoms with van der Waals surface area (Å²) in [6.07, 6.45) is 2.26. The van der Waals surface area contributed by atoms with Crippen molar-refractivity contribution in [2.45, 2.75) is 13.8 Å². The summed E-state index contributed by atoms with van der Waals surface area (Å²) in [7, 11) is 0. The Kier molecular flexibility index (Phi) is 10.7. The molecule has 1 amide bonds. The first-order valence-corrected chi connectivity index (χ1v) is 12.1.